The largest absolute Gasteiger partial charge is 0.452 e. The summed E-state index contributed by atoms with van der Waals surface area (Å²) >= 11 is 0. The molecule has 0 fully saturated rings. The van der Waals surface area contributed by atoms with Gasteiger partial charge in [0.2, 0.25) is 5.78 Å². The fraction of sp³-hybridized carbons (Fsp3) is 0.280. The van der Waals surface area contributed by atoms with Gasteiger partial charge < -0.3 is 8.83 Å². The Morgan fingerprint density at radius 2 is 1.66 bits per heavy atom. The van der Waals surface area contributed by atoms with E-state index in [1.54, 1.807) is 12.1 Å². The predicted octanol–water partition coefficient (Wildman–Crippen LogP) is 6.04. The molecular weight excluding hydrogens is 364 g/mol. The van der Waals surface area contributed by atoms with E-state index < -0.39 is 0 Å². The molecule has 0 radical (unpaired) electrons. The highest BCUT2D eigenvalue weighted by molar-refractivity contribution is 6.14. The van der Waals surface area contributed by atoms with Crippen LogP contribution in [0.25, 0.3) is 21.9 Å². The van der Waals surface area contributed by atoms with Gasteiger partial charge in [0.05, 0.1) is 5.39 Å². The van der Waals surface area contributed by atoms with E-state index in [9.17, 15) is 9.59 Å². The van der Waals surface area contributed by atoms with Gasteiger partial charge >= 0.3 is 5.63 Å². The van der Waals surface area contributed by atoms with E-state index in [2.05, 4.69) is 6.92 Å². The van der Waals surface area contributed by atoms with Crippen molar-refractivity contribution in [1.29, 1.82) is 0 Å². The highest BCUT2D eigenvalue weighted by Crippen LogP contribution is 2.34. The molecule has 4 rings (SSSR count). The van der Waals surface area contributed by atoms with Gasteiger partial charge in [-0.05, 0) is 51.3 Å². The Morgan fingerprint density at radius 1 is 0.931 bits per heavy atom. The first-order valence-electron chi connectivity index (χ1n) is 10.0. The van der Waals surface area contributed by atoms with E-state index >= 15 is 0 Å². The van der Waals surface area contributed by atoms with Gasteiger partial charge in [0.25, 0.3) is 0 Å². The predicted molar refractivity (Wildman–Crippen MR) is 115 cm³/mol. The average Bonchev–Trinajstić information content (AvgIpc) is 3.05. The third kappa shape index (κ3) is 3.19. The van der Waals surface area contributed by atoms with Crippen molar-refractivity contribution >= 4 is 27.7 Å². The molecule has 2 heterocycles. The van der Waals surface area contributed by atoms with Gasteiger partial charge in [-0.1, -0.05) is 43.2 Å². The maximum atomic E-state index is 13.0. The van der Waals surface area contributed by atoms with Gasteiger partial charge in [-0.3, -0.25) is 4.79 Å². The van der Waals surface area contributed by atoms with Crippen LogP contribution in [-0.2, 0) is 6.42 Å². The Labute approximate surface area is 169 Å². The smallest absolute Gasteiger partial charge is 0.339 e. The summed E-state index contributed by atoms with van der Waals surface area (Å²) < 4.78 is 11.7. The van der Waals surface area contributed by atoms with E-state index in [4.69, 9.17) is 8.83 Å². The second kappa shape index (κ2) is 7.36. The number of benzene rings is 2. The quantitative estimate of drug-likeness (QED) is 0.309. The molecule has 4 aromatic rings. The lowest BCUT2D eigenvalue weighted by Gasteiger charge is -2.08. The standard InChI is InChI=1S/C25H24O4/c1-5-6-7-19-15(3)18-12-13-20-21(24(18)29-25(19)27)16(4)23(28-20)22(26)17-10-8-14(2)9-11-17/h8-13H,5-7H2,1-4H3. The molecule has 29 heavy (non-hydrogen) atoms. The fourth-order valence-electron chi connectivity index (χ4n) is 3.87. The van der Waals surface area contributed by atoms with Gasteiger partial charge in [-0.2, -0.15) is 0 Å². The Bertz CT molecular complexity index is 1290. The second-order valence-corrected chi connectivity index (χ2v) is 7.66. The molecule has 0 saturated carbocycles. The molecule has 0 saturated heterocycles. The molecule has 0 spiro atoms. The van der Waals surface area contributed by atoms with Crippen LogP contribution in [0.3, 0.4) is 0 Å². The van der Waals surface area contributed by atoms with Crippen LogP contribution in [-0.4, -0.2) is 5.78 Å². The van der Waals surface area contributed by atoms with Gasteiger partial charge in [0.1, 0.15) is 11.2 Å². The lowest BCUT2D eigenvalue weighted by atomic mass is 9.99. The first-order chi connectivity index (χ1) is 13.9. The zero-order chi connectivity index (χ0) is 20.7. The van der Waals surface area contributed by atoms with Crippen LogP contribution in [0.2, 0.25) is 0 Å². The molecule has 0 N–H and O–H groups in total. The van der Waals surface area contributed by atoms with E-state index in [0.717, 1.165) is 34.9 Å². The summed E-state index contributed by atoms with van der Waals surface area (Å²) in [6, 6.07) is 11.2. The van der Waals surface area contributed by atoms with Crippen molar-refractivity contribution in [2.24, 2.45) is 0 Å². The Morgan fingerprint density at radius 3 is 2.34 bits per heavy atom. The highest BCUT2D eigenvalue weighted by atomic mass is 16.4. The molecule has 148 valence electrons. The summed E-state index contributed by atoms with van der Waals surface area (Å²) in [4.78, 5) is 25.6. The maximum absolute atomic E-state index is 13.0. The molecule has 0 aliphatic carbocycles. The molecule has 0 bridgehead atoms. The lowest BCUT2D eigenvalue weighted by molar-refractivity contribution is 0.101. The number of unbranched alkanes of at least 4 members (excludes halogenated alkanes) is 1. The van der Waals surface area contributed by atoms with Crippen LogP contribution in [0.1, 0.15) is 58.1 Å². The van der Waals surface area contributed by atoms with Crippen molar-refractivity contribution in [3.63, 3.8) is 0 Å². The summed E-state index contributed by atoms with van der Waals surface area (Å²) in [6.07, 6.45) is 2.67. The first-order valence-corrected chi connectivity index (χ1v) is 10.0. The third-order valence-electron chi connectivity index (χ3n) is 5.65. The third-order valence-corrected chi connectivity index (χ3v) is 5.65. The normalized spacial score (nSPS) is 11.4. The number of hydrogen-bond donors (Lipinski definition) is 0. The van der Waals surface area contributed by atoms with Crippen LogP contribution in [0.5, 0.6) is 0 Å². The number of rotatable bonds is 5. The number of carbonyl (C=O) groups excluding carboxylic acids is 1. The number of aryl methyl sites for hydroxylation is 3. The molecule has 4 nitrogen and oxygen atoms in total. The van der Waals surface area contributed by atoms with Crippen molar-refractivity contribution in [3.8, 4) is 0 Å². The van der Waals surface area contributed by atoms with Crippen LogP contribution < -0.4 is 5.63 Å². The van der Waals surface area contributed by atoms with E-state index in [-0.39, 0.29) is 17.2 Å². The number of hydrogen-bond acceptors (Lipinski definition) is 4. The summed E-state index contributed by atoms with van der Waals surface area (Å²) in [7, 11) is 0. The molecular formula is C25H24O4. The van der Waals surface area contributed by atoms with Crippen molar-refractivity contribution in [3.05, 3.63) is 80.4 Å². The van der Waals surface area contributed by atoms with Crippen LogP contribution in [0.15, 0.2) is 50.0 Å². The van der Waals surface area contributed by atoms with Crippen molar-refractivity contribution in [2.75, 3.05) is 0 Å². The maximum Gasteiger partial charge on any atom is 0.339 e. The number of fused-ring (bicyclic) bond motifs is 3. The molecule has 2 aromatic carbocycles. The van der Waals surface area contributed by atoms with Gasteiger partial charge in [0, 0.05) is 22.1 Å². The van der Waals surface area contributed by atoms with Crippen molar-refractivity contribution in [2.45, 2.75) is 47.0 Å². The summed E-state index contributed by atoms with van der Waals surface area (Å²) in [5.41, 5.74) is 4.77. The molecule has 0 atom stereocenters. The van der Waals surface area contributed by atoms with E-state index in [1.807, 2.05) is 45.0 Å². The summed E-state index contributed by atoms with van der Waals surface area (Å²) in [5, 5.41) is 1.58. The summed E-state index contributed by atoms with van der Waals surface area (Å²) in [5.74, 6) is 0.109. The molecule has 0 amide bonds. The topological polar surface area (TPSA) is 60.4 Å². The molecule has 0 aliphatic rings. The zero-order valence-electron chi connectivity index (χ0n) is 17.2. The monoisotopic (exact) mass is 388 g/mol. The van der Waals surface area contributed by atoms with Crippen LogP contribution >= 0.6 is 0 Å². The van der Waals surface area contributed by atoms with E-state index in [0.29, 0.717) is 34.1 Å². The Kier molecular flexibility index (Phi) is 4.87. The van der Waals surface area contributed by atoms with Crippen molar-refractivity contribution in [1.82, 2.24) is 0 Å². The minimum atomic E-state index is -0.303. The van der Waals surface area contributed by atoms with Gasteiger partial charge in [0.15, 0.2) is 5.76 Å². The molecule has 2 aromatic heterocycles. The van der Waals surface area contributed by atoms with Crippen molar-refractivity contribution < 1.29 is 13.6 Å². The first kappa shape index (κ1) is 19.2. The summed E-state index contributed by atoms with van der Waals surface area (Å²) in [6.45, 7) is 7.88. The minimum absolute atomic E-state index is 0.175. The Balaban J connectivity index is 1.92. The van der Waals surface area contributed by atoms with E-state index in [1.165, 1.54) is 0 Å². The van der Waals surface area contributed by atoms with Gasteiger partial charge in [-0.25, -0.2) is 4.79 Å². The van der Waals surface area contributed by atoms with Gasteiger partial charge in [-0.15, -0.1) is 0 Å². The lowest BCUT2D eigenvalue weighted by Crippen LogP contribution is -2.10. The second-order valence-electron chi connectivity index (χ2n) is 7.66. The number of ketones is 1. The highest BCUT2D eigenvalue weighted by Gasteiger charge is 2.23. The number of furan rings is 1. The minimum Gasteiger partial charge on any atom is -0.452 e. The SMILES string of the molecule is CCCCc1c(C)c2ccc3oc(C(=O)c4ccc(C)cc4)c(C)c3c2oc1=O. The zero-order valence-corrected chi connectivity index (χ0v) is 17.2. The molecule has 4 heteroatoms. The number of carbonyl (C=O) groups is 1. The molecule has 0 aliphatic heterocycles. The Hall–Kier alpha value is -3.14. The molecule has 0 unspecified atom stereocenters. The fourth-order valence-corrected chi connectivity index (χ4v) is 3.87. The average molecular weight is 388 g/mol. The van der Waals surface area contributed by atoms with Crippen LogP contribution in [0.4, 0.5) is 0 Å². The van der Waals surface area contributed by atoms with Crippen LogP contribution in [0, 0.1) is 20.8 Å².